The molecule has 0 aromatic rings. The fourth-order valence-electron chi connectivity index (χ4n) is 11.4. The maximum atomic E-state index is 11.1. The van der Waals surface area contributed by atoms with Crippen molar-refractivity contribution < 1.29 is 133 Å². The maximum absolute atomic E-state index is 11.1. The molecule has 0 bridgehead atoms. The number of nitrogens with two attached hydrogens (primary N) is 9. The fraction of sp³-hybridized carbons (Fsp3) is 1.00. The van der Waals surface area contributed by atoms with E-state index in [1.165, 1.54) is 0 Å². The lowest BCUT2D eigenvalue weighted by Crippen LogP contribution is -2.65. The Kier molecular flexibility index (Phi) is 25.2. The summed E-state index contributed by atoms with van der Waals surface area (Å²) in [4.78, 5) is 0. The van der Waals surface area contributed by atoms with E-state index in [9.17, 15) is 76.6 Å². The molecule has 33 N–H and O–H groups in total. The lowest BCUT2D eigenvalue weighted by molar-refractivity contribution is -0.305. The summed E-state index contributed by atoms with van der Waals surface area (Å²) in [6.45, 7) is -2.45. The summed E-state index contributed by atoms with van der Waals surface area (Å²) in [5.74, 6) is -2.50. The first-order valence-electron chi connectivity index (χ1n) is 27.7. The van der Waals surface area contributed by atoms with Crippen molar-refractivity contribution in [2.75, 3.05) is 39.5 Å². The Morgan fingerprint density at radius 3 is 0.905 bits per heavy atom. The molecule has 84 heavy (non-hydrogen) atoms. The molecule has 2 saturated carbocycles. The van der Waals surface area contributed by atoms with Crippen LogP contribution in [0.15, 0.2) is 0 Å². The molecule has 8 aliphatic rings. The zero-order valence-electron chi connectivity index (χ0n) is 45.6. The standard InChI is InChI=1S/C23H44BN5O13.C23H43BN4O14/c24-10-15(34)13(32)7(2-25)37-21(10)40-18-6(28)1-5(27)12(31)20(18)42-23-17(36)19(9(4-30)39-23)41-22-11(29)16(35)14(33)8(3-26)38-22;24-10-15(34)14(33)8(3-29)38-21(10)40-18-6(27)1-5(26)12(31)20(18)42-23-17(36)19(9(4-30)39-23)41-22-11(28)16(35)13(32)7(2-25)37-22/h5-23,30-36H,1-4,25-29H2;5-23,29-36H,1-4,25-28H2/t5-,6?,7?,8+,9-,10?,11?,12?,13-,14-,15-,16?,17?,18-,19+,20-,21-,22-,23+;5-,6?,7+,8?,9-,10?,11?,12?,13-,14-,15-,16?,17?,18-,19+,20-,21-,22-,23+/m11/s1. The van der Waals surface area contributed by atoms with E-state index in [2.05, 4.69) is 0 Å². The average Bonchev–Trinajstić information content (AvgIpc) is 2.35. The van der Waals surface area contributed by atoms with Crippen molar-refractivity contribution in [3.05, 3.63) is 0 Å². The van der Waals surface area contributed by atoms with Crippen LogP contribution in [0.4, 0.5) is 0 Å². The minimum Gasteiger partial charge on any atom is -0.394 e. The van der Waals surface area contributed by atoms with Gasteiger partial charge in [0.2, 0.25) is 0 Å². The molecule has 0 aromatic heterocycles. The SMILES string of the molecule is [B]C1[C@@H](O[C@@H]2C(N)C[C@@H](N)C(O)[C@H]2O[C@@H]2O[C@H](CO)[C@H](O[C@H]3O[C@@H](CN)[C@@H](O)C(O)C3N)C2O)OC(CN)[C@@H](O)[C@@H]1O.[B]C1[C@@H](O[C@@H]2C(N)C[C@@H](N)C(O)[C@H]2O[C@@H]2O[C@H](CO)[C@H](O[C@H]3O[C@@H](CN)[C@@H](O)C(O)C3N)C2O)OC(CO)[C@@H](O)[C@@H]1O. The first-order valence-corrected chi connectivity index (χ1v) is 27.7. The Balaban J connectivity index is 0.000000241. The van der Waals surface area contributed by atoms with Crippen molar-refractivity contribution in [2.45, 2.75) is 245 Å². The molecule has 6 aliphatic heterocycles. The lowest BCUT2D eigenvalue weighted by Gasteiger charge is -2.47. The second kappa shape index (κ2) is 30.2. The zero-order valence-corrected chi connectivity index (χ0v) is 45.6. The van der Waals surface area contributed by atoms with Gasteiger partial charge in [-0.2, -0.15) is 0 Å². The molecule has 0 spiro atoms. The Morgan fingerprint density at radius 2 is 0.571 bits per heavy atom. The van der Waals surface area contributed by atoms with E-state index in [-0.39, 0.29) is 32.5 Å². The van der Waals surface area contributed by atoms with Crippen molar-refractivity contribution in [3.63, 3.8) is 0 Å². The molecule has 38 atom stereocenters. The molecule has 8 fully saturated rings. The van der Waals surface area contributed by atoms with E-state index in [4.69, 9.17) is 124 Å². The third kappa shape index (κ3) is 14.7. The molecule has 6 heterocycles. The van der Waals surface area contributed by atoms with Gasteiger partial charge in [-0.25, -0.2) is 0 Å². The van der Waals surface area contributed by atoms with Gasteiger partial charge in [0.15, 0.2) is 37.7 Å². The summed E-state index contributed by atoms with van der Waals surface area (Å²) >= 11 is 0. The summed E-state index contributed by atoms with van der Waals surface area (Å²) in [6.07, 6.45) is -40.3. The van der Waals surface area contributed by atoms with Gasteiger partial charge in [-0.05, 0) is 12.8 Å². The molecule has 6 saturated heterocycles. The van der Waals surface area contributed by atoms with Gasteiger partial charge in [-0.15, -0.1) is 0 Å². The summed E-state index contributed by atoms with van der Waals surface area (Å²) in [5, 5.41) is 155. The minimum absolute atomic E-state index is 0.0642. The monoisotopic (exact) mass is 1220 g/mol. The second-order valence-corrected chi connectivity index (χ2v) is 22.4. The highest BCUT2D eigenvalue weighted by atomic mass is 16.8. The lowest BCUT2D eigenvalue weighted by atomic mass is 9.76. The molecule has 4 radical (unpaired) electrons. The summed E-state index contributed by atoms with van der Waals surface area (Å²) in [5.41, 5.74) is 53.5. The zero-order chi connectivity index (χ0) is 62.1. The van der Waals surface area contributed by atoms with Gasteiger partial charge in [0.1, 0.15) is 122 Å². The van der Waals surface area contributed by atoms with Crippen LogP contribution < -0.4 is 51.6 Å². The van der Waals surface area contributed by atoms with Crippen molar-refractivity contribution in [2.24, 2.45) is 51.6 Å². The molecule has 0 aromatic carbocycles. The summed E-state index contributed by atoms with van der Waals surface area (Å²) < 4.78 is 69.1. The number of aliphatic hydroxyl groups excluding tert-OH is 15. The molecule has 36 nitrogen and oxygen atoms in total. The minimum atomic E-state index is -1.62. The van der Waals surface area contributed by atoms with Gasteiger partial charge in [0.05, 0.1) is 72.0 Å². The van der Waals surface area contributed by atoms with Crippen LogP contribution in [-0.4, -0.2) is 352 Å². The van der Waals surface area contributed by atoms with E-state index < -0.39 is 252 Å². The topological polar surface area (TPSA) is 648 Å². The molecule has 8 rings (SSSR count). The predicted octanol–water partition coefficient (Wildman–Crippen LogP) is -16.5. The average molecular weight is 1220 g/mol. The number of hydrogen-bond donors (Lipinski definition) is 24. The van der Waals surface area contributed by atoms with Crippen molar-refractivity contribution in [3.8, 4) is 0 Å². The van der Waals surface area contributed by atoms with Gasteiger partial charge >= 0.3 is 0 Å². The fourth-order valence-corrected chi connectivity index (χ4v) is 11.4. The number of rotatable bonds is 18. The largest absolute Gasteiger partial charge is 0.394 e. The summed E-state index contributed by atoms with van der Waals surface area (Å²) in [6, 6.07) is -5.98. The van der Waals surface area contributed by atoms with Crippen LogP contribution in [0.3, 0.4) is 0 Å². The Bertz CT molecular complexity index is 1880. The Morgan fingerprint density at radius 1 is 0.298 bits per heavy atom. The number of ether oxygens (including phenoxy) is 12. The van der Waals surface area contributed by atoms with Crippen LogP contribution in [0, 0.1) is 0 Å². The third-order valence-corrected chi connectivity index (χ3v) is 16.7. The van der Waals surface area contributed by atoms with E-state index >= 15 is 0 Å². The number of aliphatic hydroxyl groups is 15. The van der Waals surface area contributed by atoms with Crippen LogP contribution in [0.2, 0.25) is 11.6 Å². The van der Waals surface area contributed by atoms with Crippen LogP contribution >= 0.6 is 0 Å². The van der Waals surface area contributed by atoms with Crippen molar-refractivity contribution in [1.82, 2.24) is 0 Å². The molecular formula is C46H87B2N9O27. The van der Waals surface area contributed by atoms with Crippen LogP contribution in [-0.2, 0) is 56.8 Å². The first kappa shape index (κ1) is 70.2. The molecule has 38 heteroatoms. The van der Waals surface area contributed by atoms with Gasteiger partial charge in [0, 0.05) is 55.4 Å². The van der Waals surface area contributed by atoms with Crippen LogP contribution in [0.1, 0.15) is 12.8 Å². The van der Waals surface area contributed by atoms with E-state index in [1.807, 2.05) is 0 Å². The highest BCUT2D eigenvalue weighted by Crippen LogP contribution is 2.39. The van der Waals surface area contributed by atoms with Gasteiger partial charge in [-0.1, -0.05) is 0 Å². The van der Waals surface area contributed by atoms with Crippen molar-refractivity contribution >= 4 is 15.7 Å². The highest BCUT2D eigenvalue weighted by Gasteiger charge is 2.57. The van der Waals surface area contributed by atoms with Crippen LogP contribution in [0.25, 0.3) is 0 Å². The molecule has 2 aliphatic carbocycles. The van der Waals surface area contributed by atoms with E-state index in [0.29, 0.717) is 0 Å². The van der Waals surface area contributed by atoms with Crippen molar-refractivity contribution in [1.29, 1.82) is 0 Å². The second-order valence-electron chi connectivity index (χ2n) is 22.4. The summed E-state index contributed by atoms with van der Waals surface area (Å²) in [7, 11) is 12.0. The molecule has 484 valence electrons. The quantitative estimate of drug-likeness (QED) is 0.0567. The van der Waals surface area contributed by atoms with Crippen LogP contribution in [0.5, 0.6) is 0 Å². The Labute approximate surface area is 484 Å². The molecule has 14 unspecified atom stereocenters. The van der Waals surface area contributed by atoms with Gasteiger partial charge < -0.3 is 185 Å². The van der Waals surface area contributed by atoms with E-state index in [0.717, 1.165) is 0 Å². The number of hydrogen-bond acceptors (Lipinski definition) is 36. The first-order chi connectivity index (χ1) is 39.7. The molecule has 0 amide bonds. The third-order valence-electron chi connectivity index (χ3n) is 16.7. The molecular weight excluding hydrogens is 1130 g/mol. The normalized spacial score (nSPS) is 53.8. The van der Waals surface area contributed by atoms with Gasteiger partial charge in [0.25, 0.3) is 0 Å². The maximum Gasteiger partial charge on any atom is 0.187 e. The Hall–Kier alpha value is -1.31. The smallest absolute Gasteiger partial charge is 0.187 e. The van der Waals surface area contributed by atoms with Gasteiger partial charge in [-0.3, -0.25) is 0 Å². The highest BCUT2D eigenvalue weighted by molar-refractivity contribution is 6.12. The van der Waals surface area contributed by atoms with E-state index in [1.54, 1.807) is 0 Å². The predicted molar refractivity (Wildman–Crippen MR) is 278 cm³/mol.